The molecule has 1 aromatic rings. The third-order valence-corrected chi connectivity index (χ3v) is 4.54. The van der Waals surface area contributed by atoms with E-state index < -0.39 is 0 Å². The van der Waals surface area contributed by atoms with Crippen molar-refractivity contribution in [2.75, 3.05) is 19.6 Å². The fourth-order valence-electron chi connectivity index (χ4n) is 3.55. The van der Waals surface area contributed by atoms with Crippen molar-refractivity contribution in [2.24, 2.45) is 16.8 Å². The molecule has 2 fully saturated rings. The van der Waals surface area contributed by atoms with Crippen LogP contribution in [0.1, 0.15) is 44.3 Å². The molecule has 116 valence electrons. The van der Waals surface area contributed by atoms with Gasteiger partial charge in [-0.05, 0) is 38.5 Å². The second-order valence-electron chi connectivity index (χ2n) is 6.12. The van der Waals surface area contributed by atoms with E-state index in [9.17, 15) is 0 Å². The highest BCUT2D eigenvalue weighted by Gasteiger charge is 2.35. The minimum absolute atomic E-state index is 0.453. The molecule has 1 aromatic heterocycles. The van der Waals surface area contributed by atoms with Crippen molar-refractivity contribution in [3.05, 3.63) is 11.7 Å². The van der Waals surface area contributed by atoms with E-state index in [0.29, 0.717) is 18.3 Å². The zero-order valence-electron chi connectivity index (χ0n) is 13.0. The van der Waals surface area contributed by atoms with Crippen LogP contribution >= 0.6 is 0 Å². The second kappa shape index (κ2) is 6.45. The van der Waals surface area contributed by atoms with Gasteiger partial charge in [0.15, 0.2) is 11.8 Å². The Morgan fingerprint density at radius 3 is 2.62 bits per heavy atom. The molecule has 21 heavy (non-hydrogen) atoms. The molecule has 0 amide bonds. The number of aryl methyl sites for hydroxylation is 1. The Balaban J connectivity index is 1.66. The van der Waals surface area contributed by atoms with Crippen molar-refractivity contribution < 1.29 is 4.52 Å². The SMILES string of the molecule is CCNC(=NCc1nc(C)no1)N1CC2CCCCC2C1. The van der Waals surface area contributed by atoms with Crippen LogP contribution in [0, 0.1) is 18.8 Å². The first-order valence-electron chi connectivity index (χ1n) is 8.08. The summed E-state index contributed by atoms with van der Waals surface area (Å²) in [6, 6.07) is 0. The molecule has 0 bridgehead atoms. The largest absolute Gasteiger partial charge is 0.357 e. The van der Waals surface area contributed by atoms with Gasteiger partial charge in [-0.3, -0.25) is 0 Å². The van der Waals surface area contributed by atoms with Gasteiger partial charge in [0.25, 0.3) is 0 Å². The summed E-state index contributed by atoms with van der Waals surface area (Å²) in [5.41, 5.74) is 0. The lowest BCUT2D eigenvalue weighted by atomic mass is 9.82. The summed E-state index contributed by atoms with van der Waals surface area (Å²) in [7, 11) is 0. The van der Waals surface area contributed by atoms with Crippen LogP contribution in [-0.2, 0) is 6.54 Å². The molecule has 0 spiro atoms. The molecule has 6 heteroatoms. The fraction of sp³-hybridized carbons (Fsp3) is 0.800. The number of fused-ring (bicyclic) bond motifs is 1. The van der Waals surface area contributed by atoms with Gasteiger partial charge in [-0.1, -0.05) is 18.0 Å². The Morgan fingerprint density at radius 1 is 1.33 bits per heavy atom. The summed E-state index contributed by atoms with van der Waals surface area (Å²) in [6.45, 7) is 7.55. The van der Waals surface area contributed by atoms with E-state index in [1.165, 1.54) is 25.7 Å². The summed E-state index contributed by atoms with van der Waals surface area (Å²) in [4.78, 5) is 11.3. The minimum Gasteiger partial charge on any atom is -0.357 e. The number of nitrogens with zero attached hydrogens (tertiary/aromatic N) is 4. The molecular weight excluding hydrogens is 266 g/mol. The van der Waals surface area contributed by atoms with E-state index in [0.717, 1.165) is 37.4 Å². The average Bonchev–Trinajstić information content (AvgIpc) is 3.09. The number of rotatable bonds is 3. The normalized spacial score (nSPS) is 26.0. The smallest absolute Gasteiger partial charge is 0.248 e. The van der Waals surface area contributed by atoms with Crippen LogP contribution in [0.15, 0.2) is 9.52 Å². The van der Waals surface area contributed by atoms with Crippen molar-refractivity contribution in [1.29, 1.82) is 0 Å². The number of aliphatic imine (C=N–C) groups is 1. The molecule has 3 rings (SSSR count). The Kier molecular flexibility index (Phi) is 4.41. The molecule has 1 saturated carbocycles. The number of aromatic nitrogens is 2. The molecule has 0 aromatic carbocycles. The zero-order chi connectivity index (χ0) is 14.7. The van der Waals surface area contributed by atoms with E-state index in [2.05, 4.69) is 32.3 Å². The van der Waals surface area contributed by atoms with E-state index in [1.54, 1.807) is 0 Å². The van der Waals surface area contributed by atoms with Crippen molar-refractivity contribution in [3.63, 3.8) is 0 Å². The minimum atomic E-state index is 0.453. The lowest BCUT2D eigenvalue weighted by Gasteiger charge is -2.22. The molecule has 2 heterocycles. The summed E-state index contributed by atoms with van der Waals surface area (Å²) in [6.07, 6.45) is 5.54. The summed E-state index contributed by atoms with van der Waals surface area (Å²) in [5.74, 6) is 3.95. The van der Waals surface area contributed by atoms with E-state index in [-0.39, 0.29) is 0 Å². The van der Waals surface area contributed by atoms with Gasteiger partial charge in [0.1, 0.15) is 6.54 Å². The molecule has 2 aliphatic rings. The third-order valence-electron chi connectivity index (χ3n) is 4.54. The van der Waals surface area contributed by atoms with Gasteiger partial charge >= 0.3 is 0 Å². The van der Waals surface area contributed by atoms with E-state index in [1.807, 2.05) is 6.92 Å². The first-order valence-corrected chi connectivity index (χ1v) is 8.08. The zero-order valence-corrected chi connectivity index (χ0v) is 13.0. The number of guanidine groups is 1. The van der Waals surface area contributed by atoms with Gasteiger partial charge in [-0.2, -0.15) is 4.98 Å². The van der Waals surface area contributed by atoms with Crippen LogP contribution < -0.4 is 5.32 Å². The van der Waals surface area contributed by atoms with Gasteiger partial charge < -0.3 is 14.7 Å². The molecule has 1 aliphatic heterocycles. The fourth-order valence-corrected chi connectivity index (χ4v) is 3.55. The topological polar surface area (TPSA) is 66.5 Å². The monoisotopic (exact) mass is 291 g/mol. The maximum absolute atomic E-state index is 5.14. The third kappa shape index (κ3) is 3.36. The average molecular weight is 291 g/mol. The molecule has 1 aliphatic carbocycles. The van der Waals surface area contributed by atoms with Crippen LogP contribution in [0.3, 0.4) is 0 Å². The number of likely N-dealkylation sites (tertiary alicyclic amines) is 1. The van der Waals surface area contributed by atoms with Crippen LogP contribution in [0.2, 0.25) is 0 Å². The Morgan fingerprint density at radius 2 is 2.05 bits per heavy atom. The predicted molar refractivity (Wildman–Crippen MR) is 80.9 cm³/mol. The molecule has 2 atom stereocenters. The van der Waals surface area contributed by atoms with Crippen molar-refractivity contribution in [2.45, 2.75) is 46.1 Å². The molecule has 1 saturated heterocycles. The Hall–Kier alpha value is -1.59. The highest BCUT2D eigenvalue weighted by Crippen LogP contribution is 2.35. The predicted octanol–water partition coefficient (Wildman–Crippen LogP) is 1.97. The van der Waals surface area contributed by atoms with E-state index >= 15 is 0 Å². The molecule has 0 radical (unpaired) electrons. The number of hydrogen-bond acceptors (Lipinski definition) is 4. The van der Waals surface area contributed by atoms with Gasteiger partial charge in [0, 0.05) is 19.6 Å². The Labute approximate surface area is 126 Å². The first-order chi connectivity index (χ1) is 10.3. The Bertz CT molecular complexity index is 484. The summed E-state index contributed by atoms with van der Waals surface area (Å²) in [5, 5.41) is 7.20. The van der Waals surface area contributed by atoms with Crippen molar-refractivity contribution in [3.8, 4) is 0 Å². The van der Waals surface area contributed by atoms with Crippen LogP contribution in [-0.4, -0.2) is 40.6 Å². The van der Waals surface area contributed by atoms with E-state index in [4.69, 9.17) is 4.52 Å². The molecule has 2 unspecified atom stereocenters. The van der Waals surface area contributed by atoms with Gasteiger partial charge in [0.05, 0.1) is 0 Å². The summed E-state index contributed by atoms with van der Waals surface area (Å²) < 4.78 is 5.14. The van der Waals surface area contributed by atoms with Crippen molar-refractivity contribution in [1.82, 2.24) is 20.4 Å². The first kappa shape index (κ1) is 14.4. The summed E-state index contributed by atoms with van der Waals surface area (Å²) >= 11 is 0. The van der Waals surface area contributed by atoms with Gasteiger partial charge in [-0.15, -0.1) is 0 Å². The highest BCUT2D eigenvalue weighted by atomic mass is 16.5. The van der Waals surface area contributed by atoms with Crippen molar-refractivity contribution >= 4 is 5.96 Å². The number of nitrogens with one attached hydrogen (secondary N) is 1. The highest BCUT2D eigenvalue weighted by molar-refractivity contribution is 5.80. The second-order valence-corrected chi connectivity index (χ2v) is 6.12. The number of hydrogen-bond donors (Lipinski definition) is 1. The lowest BCUT2D eigenvalue weighted by Crippen LogP contribution is -2.40. The van der Waals surface area contributed by atoms with Gasteiger partial charge in [0.2, 0.25) is 5.89 Å². The molecule has 6 nitrogen and oxygen atoms in total. The quantitative estimate of drug-likeness (QED) is 0.681. The van der Waals surface area contributed by atoms with Gasteiger partial charge in [-0.25, -0.2) is 4.99 Å². The molecular formula is C15H25N5O. The van der Waals surface area contributed by atoms with Crippen LogP contribution in [0.4, 0.5) is 0 Å². The molecule has 1 N–H and O–H groups in total. The maximum Gasteiger partial charge on any atom is 0.248 e. The van der Waals surface area contributed by atoms with Crippen LogP contribution in [0.25, 0.3) is 0 Å². The lowest BCUT2D eigenvalue weighted by molar-refractivity contribution is 0.299. The van der Waals surface area contributed by atoms with Crippen LogP contribution in [0.5, 0.6) is 0 Å². The maximum atomic E-state index is 5.14. The standard InChI is InChI=1S/C15H25N5O/c1-3-16-15(17-8-14-18-11(2)19-21-14)20-9-12-6-4-5-7-13(12)10-20/h12-13H,3-10H2,1-2H3,(H,16,17).